The van der Waals surface area contributed by atoms with Crippen LogP contribution in [0.25, 0.3) is 0 Å². The predicted octanol–water partition coefficient (Wildman–Crippen LogP) is 0.751. The van der Waals surface area contributed by atoms with Crippen LogP contribution in [-0.4, -0.2) is 53.7 Å². The molecule has 1 aromatic rings. The summed E-state index contributed by atoms with van der Waals surface area (Å²) in [6.07, 6.45) is 0. The summed E-state index contributed by atoms with van der Waals surface area (Å²) in [7, 11) is 1.34. The summed E-state index contributed by atoms with van der Waals surface area (Å²) in [5.74, 6) is -2.31. The number of nitrogens with one attached hydrogen (secondary N) is 1. The molecule has 0 saturated heterocycles. The second-order valence-corrected chi connectivity index (χ2v) is 6.00. The number of rotatable bonds is 6. The van der Waals surface area contributed by atoms with Crippen LogP contribution in [0.4, 0.5) is 0 Å². The molecule has 1 unspecified atom stereocenters. The fourth-order valence-electron chi connectivity index (χ4n) is 2.00. The first-order valence-corrected chi connectivity index (χ1v) is 7.98. The van der Waals surface area contributed by atoms with Gasteiger partial charge in [0, 0.05) is 16.2 Å². The van der Waals surface area contributed by atoms with Crippen molar-refractivity contribution in [1.82, 2.24) is 10.2 Å². The highest BCUT2D eigenvalue weighted by molar-refractivity contribution is 14.1. The van der Waals surface area contributed by atoms with Crippen LogP contribution in [-0.2, 0) is 14.3 Å². The lowest BCUT2D eigenvalue weighted by Gasteiger charge is -2.36. The lowest BCUT2D eigenvalue weighted by molar-refractivity contribution is -0.163. The fraction of sp³-hybridized carbons (Fsp3) is 0.400. The van der Waals surface area contributed by atoms with Crippen LogP contribution in [0.5, 0.6) is 0 Å². The van der Waals surface area contributed by atoms with Gasteiger partial charge in [0.2, 0.25) is 5.54 Å². The molecular formula is C15H19IN2O5. The molecule has 1 aromatic carbocycles. The summed E-state index contributed by atoms with van der Waals surface area (Å²) < 4.78 is 5.84. The molecule has 7 nitrogen and oxygen atoms in total. The Morgan fingerprint density at radius 2 is 1.87 bits per heavy atom. The molecule has 1 atom stereocenters. The lowest BCUT2D eigenvalue weighted by Crippen LogP contribution is -2.63. The van der Waals surface area contributed by atoms with E-state index < -0.39 is 30.1 Å². The molecule has 0 aliphatic heterocycles. The van der Waals surface area contributed by atoms with Gasteiger partial charge in [-0.1, -0.05) is 0 Å². The van der Waals surface area contributed by atoms with Gasteiger partial charge in [0.15, 0.2) is 0 Å². The van der Waals surface area contributed by atoms with Gasteiger partial charge in [-0.05, 0) is 60.7 Å². The third kappa shape index (κ3) is 3.99. The third-order valence-corrected chi connectivity index (χ3v) is 4.08. The number of hydrogen-bond donors (Lipinski definition) is 2. The maximum atomic E-state index is 12.6. The van der Waals surface area contributed by atoms with Crippen molar-refractivity contribution in [1.29, 1.82) is 0 Å². The zero-order valence-electron chi connectivity index (χ0n) is 13.1. The molecule has 1 rings (SSSR count). The first-order valence-electron chi connectivity index (χ1n) is 6.90. The van der Waals surface area contributed by atoms with Crippen molar-refractivity contribution in [2.24, 2.45) is 0 Å². The van der Waals surface area contributed by atoms with Crippen molar-refractivity contribution in [3.8, 4) is 0 Å². The van der Waals surface area contributed by atoms with Gasteiger partial charge in [0.05, 0.1) is 6.61 Å². The van der Waals surface area contributed by atoms with Crippen LogP contribution in [0.3, 0.4) is 0 Å². The van der Waals surface area contributed by atoms with Crippen LogP contribution >= 0.6 is 22.6 Å². The smallest absolute Gasteiger partial charge is 0.341 e. The molecule has 0 aliphatic carbocycles. The van der Waals surface area contributed by atoms with E-state index >= 15 is 0 Å². The van der Waals surface area contributed by atoms with E-state index in [2.05, 4.69) is 27.9 Å². The largest absolute Gasteiger partial charge is 0.464 e. The van der Waals surface area contributed by atoms with E-state index in [4.69, 9.17) is 4.74 Å². The van der Waals surface area contributed by atoms with E-state index in [0.29, 0.717) is 0 Å². The Labute approximate surface area is 148 Å². The molecule has 126 valence electrons. The number of benzene rings is 1. The van der Waals surface area contributed by atoms with Crippen LogP contribution in [0.15, 0.2) is 24.3 Å². The van der Waals surface area contributed by atoms with Gasteiger partial charge in [-0.3, -0.25) is 14.5 Å². The summed E-state index contributed by atoms with van der Waals surface area (Å²) in [4.78, 5) is 37.9. The van der Waals surface area contributed by atoms with Crippen LogP contribution in [0.1, 0.15) is 24.2 Å². The molecule has 8 heteroatoms. The summed E-state index contributed by atoms with van der Waals surface area (Å²) in [6, 6.07) is 6.54. The van der Waals surface area contributed by atoms with E-state index in [0.717, 1.165) is 8.47 Å². The number of aliphatic hydroxyl groups excluding tert-OH is 1. The van der Waals surface area contributed by atoms with Crippen molar-refractivity contribution < 1.29 is 24.2 Å². The standard InChI is InChI=1S/C15H19IN2O5/c1-4-23-14(22)15(2,13(21)17-3)18(9-19)12(20)10-5-7-11(16)8-6-10/h5-8,19H,4,9H2,1-3H3,(H,17,21). The number of carbonyl (C=O) groups excluding carboxylic acids is 3. The Hall–Kier alpha value is -1.68. The Kier molecular flexibility index (Phi) is 6.95. The molecule has 0 aliphatic rings. The summed E-state index contributed by atoms with van der Waals surface area (Å²) in [5.41, 5.74) is -1.72. The average Bonchev–Trinajstić information content (AvgIpc) is 2.55. The Morgan fingerprint density at radius 3 is 2.30 bits per heavy atom. The lowest BCUT2D eigenvalue weighted by atomic mass is 9.97. The average molecular weight is 434 g/mol. The highest BCUT2D eigenvalue weighted by atomic mass is 127. The Bertz CT molecular complexity index is 590. The number of hydrogen-bond acceptors (Lipinski definition) is 5. The van der Waals surface area contributed by atoms with E-state index in [9.17, 15) is 19.5 Å². The number of likely N-dealkylation sites (N-methyl/N-ethyl adjacent to an activating group) is 1. The number of nitrogens with zero attached hydrogens (tertiary/aromatic N) is 1. The van der Waals surface area contributed by atoms with E-state index in [-0.39, 0.29) is 12.2 Å². The number of esters is 1. The normalized spacial score (nSPS) is 12.9. The zero-order chi connectivity index (χ0) is 17.6. The molecule has 0 heterocycles. The quantitative estimate of drug-likeness (QED) is 0.298. The second kappa shape index (κ2) is 8.25. The van der Waals surface area contributed by atoms with Crippen molar-refractivity contribution in [2.75, 3.05) is 20.4 Å². The minimum atomic E-state index is -1.97. The van der Waals surface area contributed by atoms with Gasteiger partial charge in [0.25, 0.3) is 11.8 Å². The predicted molar refractivity (Wildman–Crippen MR) is 91.5 cm³/mol. The molecule has 0 fully saturated rings. The summed E-state index contributed by atoms with van der Waals surface area (Å²) in [5, 5.41) is 12.0. The topological polar surface area (TPSA) is 95.9 Å². The van der Waals surface area contributed by atoms with Gasteiger partial charge in [-0.2, -0.15) is 0 Å². The van der Waals surface area contributed by atoms with Crippen LogP contribution in [0.2, 0.25) is 0 Å². The van der Waals surface area contributed by atoms with Crippen molar-refractivity contribution in [3.63, 3.8) is 0 Å². The monoisotopic (exact) mass is 434 g/mol. The number of amides is 2. The summed E-state index contributed by atoms with van der Waals surface area (Å²) in [6.45, 7) is 2.06. The number of carbonyl (C=O) groups is 3. The molecule has 23 heavy (non-hydrogen) atoms. The number of halogens is 1. The molecule has 0 spiro atoms. The molecule has 0 bridgehead atoms. The van der Waals surface area contributed by atoms with E-state index in [1.807, 2.05) is 0 Å². The molecule has 2 amide bonds. The van der Waals surface area contributed by atoms with Gasteiger partial charge in [0.1, 0.15) is 6.73 Å². The van der Waals surface area contributed by atoms with Crippen molar-refractivity contribution in [2.45, 2.75) is 19.4 Å². The maximum absolute atomic E-state index is 12.6. The highest BCUT2D eigenvalue weighted by Gasteiger charge is 2.50. The zero-order valence-corrected chi connectivity index (χ0v) is 15.3. The van der Waals surface area contributed by atoms with Crippen LogP contribution < -0.4 is 5.32 Å². The fourth-order valence-corrected chi connectivity index (χ4v) is 2.36. The van der Waals surface area contributed by atoms with E-state index in [1.54, 1.807) is 31.2 Å². The Balaban J connectivity index is 3.29. The minimum Gasteiger partial charge on any atom is -0.464 e. The first kappa shape index (κ1) is 19.4. The second-order valence-electron chi connectivity index (χ2n) is 4.75. The third-order valence-electron chi connectivity index (χ3n) is 3.36. The maximum Gasteiger partial charge on any atom is 0.341 e. The molecule has 0 radical (unpaired) electrons. The Morgan fingerprint density at radius 1 is 1.30 bits per heavy atom. The molecular weight excluding hydrogens is 415 g/mol. The molecule has 0 aromatic heterocycles. The van der Waals surface area contributed by atoms with Crippen LogP contribution in [0, 0.1) is 3.57 Å². The number of aliphatic hydroxyl groups is 1. The molecule has 0 saturated carbocycles. The minimum absolute atomic E-state index is 0.0441. The van der Waals surface area contributed by atoms with E-state index in [1.165, 1.54) is 14.0 Å². The highest BCUT2D eigenvalue weighted by Crippen LogP contribution is 2.21. The van der Waals surface area contributed by atoms with Crippen molar-refractivity contribution in [3.05, 3.63) is 33.4 Å². The molecule has 2 N–H and O–H groups in total. The summed E-state index contributed by atoms with van der Waals surface area (Å²) >= 11 is 2.09. The van der Waals surface area contributed by atoms with Gasteiger partial charge in [-0.15, -0.1) is 0 Å². The number of ether oxygens (including phenoxy) is 1. The van der Waals surface area contributed by atoms with Gasteiger partial charge in [-0.25, -0.2) is 4.79 Å². The van der Waals surface area contributed by atoms with Crippen molar-refractivity contribution >= 4 is 40.4 Å². The first-order chi connectivity index (χ1) is 10.8. The van der Waals surface area contributed by atoms with Gasteiger partial charge >= 0.3 is 5.97 Å². The van der Waals surface area contributed by atoms with Gasteiger partial charge < -0.3 is 15.2 Å². The SMILES string of the molecule is CCOC(=O)C(C)(C(=O)NC)N(CO)C(=O)c1ccc(I)cc1.